The van der Waals surface area contributed by atoms with Crippen molar-refractivity contribution < 1.29 is 27.5 Å². The van der Waals surface area contributed by atoms with E-state index in [1.165, 1.54) is 16.9 Å². The van der Waals surface area contributed by atoms with E-state index in [4.69, 9.17) is 9.47 Å². The second-order valence-electron chi connectivity index (χ2n) is 15.3. The Labute approximate surface area is 292 Å². The van der Waals surface area contributed by atoms with Gasteiger partial charge in [-0.05, 0) is 71.0 Å². The standard InChI is InChI=1S/C19H27N3O4S.C18H26N2O2/c1-2-26-18-5-3-17(4-6-18)21-11-15-13-22(14-16(15)12-21)19(23)20-7-9-27(24,25)10-8-20;1-13-5-7-16(8-6-13)19-9-14-11-20(12-15(14)10-19)17(21)22-18(2,3)4/h3-6,15-16H,2,7-14H2,1H3;5-8,14-15H,9-12H2,1-4H3/t15-,16+;14-,15+. The molecule has 5 heterocycles. The van der Waals surface area contributed by atoms with E-state index >= 15 is 0 Å². The normalized spacial score (nSPS) is 25.9. The van der Waals surface area contributed by atoms with Gasteiger partial charge in [-0.15, -0.1) is 0 Å². The average molecular weight is 696 g/mol. The largest absolute Gasteiger partial charge is 0.494 e. The maximum atomic E-state index is 12.7. The molecule has 3 amide bonds. The van der Waals surface area contributed by atoms with Crippen molar-refractivity contribution in [3.8, 4) is 5.75 Å². The highest BCUT2D eigenvalue weighted by atomic mass is 32.2. The van der Waals surface area contributed by atoms with Crippen LogP contribution < -0.4 is 14.5 Å². The Balaban J connectivity index is 0.000000174. The zero-order chi connectivity index (χ0) is 34.9. The zero-order valence-electron chi connectivity index (χ0n) is 29.7. The molecule has 0 saturated carbocycles. The smallest absolute Gasteiger partial charge is 0.410 e. The van der Waals surface area contributed by atoms with Crippen molar-refractivity contribution in [2.45, 2.75) is 40.2 Å². The number of urea groups is 1. The molecule has 11 nitrogen and oxygen atoms in total. The summed E-state index contributed by atoms with van der Waals surface area (Å²) in [6.45, 7) is 18.3. The van der Waals surface area contributed by atoms with E-state index < -0.39 is 15.4 Å². The van der Waals surface area contributed by atoms with Crippen molar-refractivity contribution in [2.75, 3.05) is 93.4 Å². The van der Waals surface area contributed by atoms with E-state index in [0.29, 0.717) is 43.4 Å². The lowest BCUT2D eigenvalue weighted by Crippen LogP contribution is -2.49. The first-order valence-corrected chi connectivity index (χ1v) is 19.6. The van der Waals surface area contributed by atoms with Gasteiger partial charge in [0.15, 0.2) is 9.84 Å². The van der Waals surface area contributed by atoms with Gasteiger partial charge in [-0.25, -0.2) is 18.0 Å². The molecular weight excluding hydrogens is 643 g/mol. The highest BCUT2D eigenvalue weighted by molar-refractivity contribution is 7.91. The summed E-state index contributed by atoms with van der Waals surface area (Å²) < 4.78 is 34.1. The monoisotopic (exact) mass is 695 g/mol. The summed E-state index contributed by atoms with van der Waals surface area (Å²) in [5.41, 5.74) is 3.37. The summed E-state index contributed by atoms with van der Waals surface area (Å²) in [6.07, 6.45) is -0.163. The van der Waals surface area contributed by atoms with Gasteiger partial charge >= 0.3 is 12.1 Å². The van der Waals surface area contributed by atoms with Crippen LogP contribution in [0.5, 0.6) is 5.75 Å². The van der Waals surface area contributed by atoms with Crippen molar-refractivity contribution >= 4 is 33.3 Å². The molecule has 5 aliphatic rings. The predicted octanol–water partition coefficient (Wildman–Crippen LogP) is 4.60. The van der Waals surface area contributed by atoms with Crippen molar-refractivity contribution in [1.82, 2.24) is 14.7 Å². The number of nitrogens with zero attached hydrogens (tertiary/aromatic N) is 5. The van der Waals surface area contributed by atoms with Crippen molar-refractivity contribution in [3.63, 3.8) is 0 Å². The maximum Gasteiger partial charge on any atom is 0.410 e. The van der Waals surface area contributed by atoms with Gasteiger partial charge in [0.25, 0.3) is 0 Å². The molecule has 0 aliphatic carbocycles. The van der Waals surface area contributed by atoms with Crippen LogP contribution in [0.4, 0.5) is 21.0 Å². The summed E-state index contributed by atoms with van der Waals surface area (Å²) in [7, 11) is -2.96. The van der Waals surface area contributed by atoms with E-state index in [1.54, 1.807) is 4.90 Å². The molecule has 268 valence electrons. The van der Waals surface area contributed by atoms with Crippen LogP contribution in [-0.4, -0.2) is 124 Å². The minimum atomic E-state index is -2.96. The Morgan fingerprint density at radius 1 is 0.694 bits per heavy atom. The summed E-state index contributed by atoms with van der Waals surface area (Å²) >= 11 is 0. The molecule has 0 aromatic heterocycles. The fourth-order valence-corrected chi connectivity index (χ4v) is 9.02. The number of rotatable bonds is 4. The lowest BCUT2D eigenvalue weighted by molar-refractivity contribution is 0.0282. The van der Waals surface area contributed by atoms with Gasteiger partial charge in [-0.1, -0.05) is 17.7 Å². The van der Waals surface area contributed by atoms with Crippen molar-refractivity contribution in [1.29, 1.82) is 0 Å². The Kier molecular flexibility index (Phi) is 10.3. The Morgan fingerprint density at radius 2 is 1.14 bits per heavy atom. The molecule has 0 bridgehead atoms. The van der Waals surface area contributed by atoms with Crippen LogP contribution >= 0.6 is 0 Å². The number of carbonyl (C=O) groups excluding carboxylic acids is 2. The molecule has 12 heteroatoms. The molecule has 0 unspecified atom stereocenters. The maximum absolute atomic E-state index is 12.7. The van der Waals surface area contributed by atoms with E-state index in [0.717, 1.165) is 58.1 Å². The highest BCUT2D eigenvalue weighted by Crippen LogP contribution is 2.36. The molecular formula is C37H53N5O6S. The SMILES string of the molecule is CCOc1ccc(N2C[C@H]3CN(C(=O)N4CCS(=O)(=O)CC4)C[C@H]3C2)cc1.Cc1ccc(N2C[C@H]3CN(C(=O)OC(C)(C)C)C[C@H]3C2)cc1. The molecule has 0 spiro atoms. The van der Waals surface area contributed by atoms with Gasteiger partial charge in [-0.2, -0.15) is 0 Å². The highest BCUT2D eigenvalue weighted by Gasteiger charge is 2.44. The number of amides is 3. The number of hydrogen-bond acceptors (Lipinski definition) is 8. The minimum absolute atomic E-state index is 0.00640. The number of fused-ring (bicyclic) bond motifs is 2. The van der Waals surface area contributed by atoms with Gasteiger partial charge in [0, 0.05) is 100 Å². The Bertz CT molecular complexity index is 1540. The quantitative estimate of drug-likeness (QED) is 0.458. The van der Waals surface area contributed by atoms with Gasteiger partial charge in [-0.3, -0.25) is 0 Å². The van der Waals surface area contributed by atoms with E-state index in [9.17, 15) is 18.0 Å². The van der Waals surface area contributed by atoms with Crippen LogP contribution in [0.15, 0.2) is 48.5 Å². The topological polar surface area (TPSA) is 103 Å². The molecule has 0 radical (unpaired) electrons. The first-order chi connectivity index (χ1) is 23.3. The lowest BCUT2D eigenvalue weighted by Gasteiger charge is -2.31. The predicted molar refractivity (Wildman–Crippen MR) is 192 cm³/mol. The van der Waals surface area contributed by atoms with E-state index in [1.807, 2.05) is 49.6 Å². The number of ether oxygens (including phenoxy) is 2. The molecule has 49 heavy (non-hydrogen) atoms. The second-order valence-corrected chi connectivity index (χ2v) is 17.6. The number of carbonyl (C=O) groups is 2. The molecule has 7 rings (SSSR count). The number of benzene rings is 2. The first-order valence-electron chi connectivity index (χ1n) is 17.8. The van der Waals surface area contributed by atoms with Gasteiger partial charge < -0.3 is 34.0 Å². The number of aryl methyl sites for hydroxylation is 1. The van der Waals surface area contributed by atoms with Crippen LogP contribution in [-0.2, 0) is 14.6 Å². The van der Waals surface area contributed by atoms with Gasteiger partial charge in [0.05, 0.1) is 18.1 Å². The van der Waals surface area contributed by atoms with E-state index in [2.05, 4.69) is 53.1 Å². The third-order valence-electron chi connectivity index (χ3n) is 10.4. The average Bonchev–Trinajstić information content (AvgIpc) is 3.81. The fraction of sp³-hybridized carbons (Fsp3) is 0.622. The third-order valence-corrected chi connectivity index (χ3v) is 12.0. The number of anilines is 2. The molecule has 5 aliphatic heterocycles. The Hall–Kier alpha value is -3.67. The minimum Gasteiger partial charge on any atom is -0.494 e. The fourth-order valence-electron chi connectivity index (χ4n) is 7.82. The van der Waals surface area contributed by atoms with Gasteiger partial charge in [0.1, 0.15) is 11.4 Å². The molecule has 5 fully saturated rings. The summed E-state index contributed by atoms with van der Waals surface area (Å²) in [5, 5.41) is 0. The van der Waals surface area contributed by atoms with Crippen molar-refractivity contribution in [2.24, 2.45) is 23.7 Å². The summed E-state index contributed by atoms with van der Waals surface area (Å²) in [4.78, 5) is 35.2. The van der Waals surface area contributed by atoms with Crippen LogP contribution in [0, 0.1) is 30.6 Å². The van der Waals surface area contributed by atoms with Crippen LogP contribution in [0.2, 0.25) is 0 Å². The summed E-state index contributed by atoms with van der Waals surface area (Å²) in [5.74, 6) is 3.15. The molecule has 2 aromatic carbocycles. The molecule has 4 atom stereocenters. The van der Waals surface area contributed by atoms with E-state index in [-0.39, 0.29) is 23.6 Å². The van der Waals surface area contributed by atoms with Crippen LogP contribution in [0.3, 0.4) is 0 Å². The molecule has 5 saturated heterocycles. The summed E-state index contributed by atoms with van der Waals surface area (Å²) in [6, 6.07) is 16.9. The number of hydrogen-bond donors (Lipinski definition) is 0. The van der Waals surface area contributed by atoms with Crippen LogP contribution in [0.25, 0.3) is 0 Å². The molecule has 2 aromatic rings. The zero-order valence-corrected chi connectivity index (χ0v) is 30.5. The lowest BCUT2D eigenvalue weighted by atomic mass is 10.0. The second kappa shape index (κ2) is 14.3. The molecule has 0 N–H and O–H groups in total. The first kappa shape index (κ1) is 35.2. The van der Waals surface area contributed by atoms with Crippen LogP contribution in [0.1, 0.15) is 33.3 Å². The van der Waals surface area contributed by atoms with Gasteiger partial charge in [0.2, 0.25) is 0 Å². The number of likely N-dealkylation sites (tertiary alicyclic amines) is 2. The number of sulfone groups is 1. The third kappa shape index (κ3) is 8.56. The van der Waals surface area contributed by atoms with Crippen molar-refractivity contribution in [3.05, 3.63) is 54.1 Å². The Morgan fingerprint density at radius 3 is 1.59 bits per heavy atom.